The summed E-state index contributed by atoms with van der Waals surface area (Å²) >= 11 is 4.68. The second-order valence-corrected chi connectivity index (χ2v) is 3.85. The van der Waals surface area contributed by atoms with Crippen LogP contribution in [0.3, 0.4) is 0 Å². The van der Waals surface area contributed by atoms with E-state index < -0.39 is 6.10 Å². The van der Waals surface area contributed by atoms with E-state index in [9.17, 15) is 5.11 Å². The zero-order valence-electron chi connectivity index (χ0n) is 8.43. The molecule has 1 atom stereocenters. The summed E-state index contributed by atoms with van der Waals surface area (Å²) in [5.41, 5.74) is 6.38. The molecule has 4 heteroatoms. The standard InChI is InChI=1S/C11H15NO2S/c12-11(15)6-10(13)8-14-7-9-4-2-1-3-5-9/h1-5,10,13H,6-8H2,(H2,12,15). The molecule has 1 aromatic carbocycles. The molecule has 0 bridgehead atoms. The molecule has 0 saturated carbocycles. The van der Waals surface area contributed by atoms with Gasteiger partial charge in [-0.15, -0.1) is 0 Å². The molecule has 15 heavy (non-hydrogen) atoms. The van der Waals surface area contributed by atoms with Gasteiger partial charge < -0.3 is 15.6 Å². The van der Waals surface area contributed by atoms with Crippen molar-refractivity contribution in [2.45, 2.75) is 19.1 Å². The molecule has 1 unspecified atom stereocenters. The van der Waals surface area contributed by atoms with E-state index in [0.29, 0.717) is 18.0 Å². The highest BCUT2D eigenvalue weighted by atomic mass is 32.1. The largest absolute Gasteiger partial charge is 0.393 e. The second kappa shape index (κ2) is 6.50. The maximum atomic E-state index is 9.41. The molecule has 0 saturated heterocycles. The van der Waals surface area contributed by atoms with Gasteiger partial charge in [0.1, 0.15) is 0 Å². The van der Waals surface area contributed by atoms with Gasteiger partial charge in [0.15, 0.2) is 0 Å². The van der Waals surface area contributed by atoms with E-state index in [1.807, 2.05) is 30.3 Å². The van der Waals surface area contributed by atoms with Crippen LogP contribution < -0.4 is 5.73 Å². The van der Waals surface area contributed by atoms with E-state index in [1.165, 1.54) is 0 Å². The second-order valence-electron chi connectivity index (χ2n) is 3.32. The number of hydrogen-bond donors (Lipinski definition) is 2. The smallest absolute Gasteiger partial charge is 0.0836 e. The van der Waals surface area contributed by atoms with Crippen LogP contribution in [-0.2, 0) is 11.3 Å². The highest BCUT2D eigenvalue weighted by molar-refractivity contribution is 7.80. The van der Waals surface area contributed by atoms with E-state index in [2.05, 4.69) is 12.2 Å². The van der Waals surface area contributed by atoms with Gasteiger partial charge in [-0.25, -0.2) is 0 Å². The fraction of sp³-hybridized carbons (Fsp3) is 0.364. The highest BCUT2D eigenvalue weighted by Gasteiger charge is 2.05. The maximum absolute atomic E-state index is 9.41. The van der Waals surface area contributed by atoms with Gasteiger partial charge in [-0.1, -0.05) is 42.5 Å². The third-order valence-electron chi connectivity index (χ3n) is 1.86. The molecule has 0 aliphatic rings. The average Bonchev–Trinajstić information content (AvgIpc) is 2.18. The van der Waals surface area contributed by atoms with Crippen molar-refractivity contribution >= 4 is 17.2 Å². The van der Waals surface area contributed by atoms with E-state index in [4.69, 9.17) is 10.5 Å². The average molecular weight is 225 g/mol. The predicted octanol–water partition coefficient (Wildman–Crippen LogP) is 1.24. The highest BCUT2D eigenvalue weighted by Crippen LogP contribution is 2.02. The van der Waals surface area contributed by atoms with Crippen LogP contribution in [0.25, 0.3) is 0 Å². The fourth-order valence-electron chi connectivity index (χ4n) is 1.18. The molecule has 0 aliphatic heterocycles. The van der Waals surface area contributed by atoms with Gasteiger partial charge in [-0.2, -0.15) is 0 Å². The minimum absolute atomic E-state index is 0.256. The van der Waals surface area contributed by atoms with Crippen LogP contribution in [-0.4, -0.2) is 22.8 Å². The lowest BCUT2D eigenvalue weighted by Gasteiger charge is -2.10. The van der Waals surface area contributed by atoms with Crippen LogP contribution in [0, 0.1) is 0 Å². The summed E-state index contributed by atoms with van der Waals surface area (Å²) in [5, 5.41) is 9.41. The first kappa shape index (κ1) is 12.1. The number of aliphatic hydroxyl groups excluding tert-OH is 1. The molecule has 3 N–H and O–H groups in total. The Balaban J connectivity index is 2.19. The van der Waals surface area contributed by atoms with Gasteiger partial charge in [0.25, 0.3) is 0 Å². The summed E-state index contributed by atoms with van der Waals surface area (Å²) in [6, 6.07) is 9.79. The molecule has 0 aliphatic carbocycles. The minimum Gasteiger partial charge on any atom is -0.393 e. The minimum atomic E-state index is -0.605. The number of hydrogen-bond acceptors (Lipinski definition) is 3. The third-order valence-corrected chi connectivity index (χ3v) is 2.03. The summed E-state index contributed by atoms with van der Waals surface area (Å²) in [5.74, 6) is 0. The van der Waals surface area contributed by atoms with Crippen molar-refractivity contribution in [1.29, 1.82) is 0 Å². The van der Waals surface area contributed by atoms with Crippen LogP contribution in [0.2, 0.25) is 0 Å². The van der Waals surface area contributed by atoms with Crippen molar-refractivity contribution in [3.8, 4) is 0 Å². The normalized spacial score (nSPS) is 12.3. The summed E-state index contributed by atoms with van der Waals surface area (Å²) < 4.78 is 5.32. The first-order chi connectivity index (χ1) is 7.18. The summed E-state index contributed by atoms with van der Waals surface area (Å²) in [4.78, 5) is 0.311. The summed E-state index contributed by atoms with van der Waals surface area (Å²) in [6.07, 6.45) is -0.296. The first-order valence-corrected chi connectivity index (χ1v) is 5.17. The number of thiocarbonyl (C=S) groups is 1. The van der Waals surface area contributed by atoms with Gasteiger partial charge in [0.05, 0.1) is 24.3 Å². The summed E-state index contributed by atoms with van der Waals surface area (Å²) in [6.45, 7) is 0.751. The Morgan fingerprint density at radius 2 is 2.07 bits per heavy atom. The molecule has 82 valence electrons. The summed E-state index contributed by atoms with van der Waals surface area (Å²) in [7, 11) is 0. The Kier molecular flexibility index (Phi) is 5.25. The van der Waals surface area contributed by atoms with Crippen molar-refractivity contribution in [3.63, 3.8) is 0 Å². The van der Waals surface area contributed by atoms with Gasteiger partial charge in [-0.3, -0.25) is 0 Å². The quantitative estimate of drug-likeness (QED) is 0.715. The first-order valence-electron chi connectivity index (χ1n) is 4.76. The van der Waals surface area contributed by atoms with Crippen molar-refractivity contribution in [3.05, 3.63) is 35.9 Å². The Bertz CT molecular complexity index is 303. The molecular weight excluding hydrogens is 210 g/mol. The van der Waals surface area contributed by atoms with Crippen LogP contribution in [0.15, 0.2) is 30.3 Å². The maximum Gasteiger partial charge on any atom is 0.0836 e. The molecular formula is C11H15NO2S. The molecule has 0 fully saturated rings. The van der Waals surface area contributed by atoms with Gasteiger partial charge in [0, 0.05) is 6.42 Å². The van der Waals surface area contributed by atoms with Gasteiger partial charge >= 0.3 is 0 Å². The number of nitrogens with two attached hydrogens (primary N) is 1. The van der Waals surface area contributed by atoms with E-state index in [-0.39, 0.29) is 6.61 Å². The topological polar surface area (TPSA) is 55.5 Å². The van der Waals surface area contributed by atoms with E-state index >= 15 is 0 Å². The molecule has 0 radical (unpaired) electrons. The number of rotatable bonds is 6. The van der Waals surface area contributed by atoms with Crippen molar-refractivity contribution in [2.75, 3.05) is 6.61 Å². The third kappa shape index (κ3) is 5.47. The van der Waals surface area contributed by atoms with E-state index in [0.717, 1.165) is 5.56 Å². The SMILES string of the molecule is NC(=S)CC(O)COCc1ccccc1. The Hall–Kier alpha value is -0.970. The molecule has 3 nitrogen and oxygen atoms in total. The number of aliphatic hydroxyl groups is 1. The molecule has 0 amide bonds. The number of benzene rings is 1. The number of ether oxygens (including phenoxy) is 1. The lowest BCUT2D eigenvalue weighted by molar-refractivity contribution is 0.0322. The molecule has 0 heterocycles. The molecule has 1 rings (SSSR count). The lowest BCUT2D eigenvalue weighted by atomic mass is 10.2. The zero-order chi connectivity index (χ0) is 11.1. The van der Waals surface area contributed by atoms with Gasteiger partial charge in [0.2, 0.25) is 0 Å². The molecule has 1 aromatic rings. The Labute approximate surface area is 94.9 Å². The van der Waals surface area contributed by atoms with Crippen molar-refractivity contribution in [1.82, 2.24) is 0 Å². The van der Waals surface area contributed by atoms with Crippen molar-refractivity contribution in [2.24, 2.45) is 5.73 Å². The van der Waals surface area contributed by atoms with E-state index in [1.54, 1.807) is 0 Å². The molecule has 0 aromatic heterocycles. The van der Waals surface area contributed by atoms with Crippen LogP contribution in [0.5, 0.6) is 0 Å². The van der Waals surface area contributed by atoms with Gasteiger partial charge in [-0.05, 0) is 5.56 Å². The Morgan fingerprint density at radius 1 is 1.40 bits per heavy atom. The Morgan fingerprint density at radius 3 is 2.67 bits per heavy atom. The fourth-order valence-corrected chi connectivity index (χ4v) is 1.37. The predicted molar refractivity (Wildman–Crippen MR) is 63.5 cm³/mol. The van der Waals surface area contributed by atoms with Crippen LogP contribution >= 0.6 is 12.2 Å². The van der Waals surface area contributed by atoms with Crippen LogP contribution in [0.4, 0.5) is 0 Å². The molecule has 0 spiro atoms. The van der Waals surface area contributed by atoms with Crippen molar-refractivity contribution < 1.29 is 9.84 Å². The monoisotopic (exact) mass is 225 g/mol. The zero-order valence-corrected chi connectivity index (χ0v) is 9.24. The van der Waals surface area contributed by atoms with Crippen LogP contribution in [0.1, 0.15) is 12.0 Å². The lowest BCUT2D eigenvalue weighted by Crippen LogP contribution is -2.22.